The fraction of sp³-hybridized carbons (Fsp3) is 0.538. The lowest BCUT2D eigenvalue weighted by atomic mass is 10.1. The zero-order chi connectivity index (χ0) is 10.2. The molecule has 0 radical (unpaired) electrons. The van der Waals surface area contributed by atoms with Crippen molar-refractivity contribution in [1.29, 1.82) is 0 Å². The van der Waals surface area contributed by atoms with Crippen LogP contribution in [0.2, 0.25) is 0 Å². The van der Waals surface area contributed by atoms with Crippen molar-refractivity contribution in [2.24, 2.45) is 0 Å². The molecule has 0 spiro atoms. The molecule has 1 N–H and O–H groups in total. The highest BCUT2D eigenvalue weighted by atomic mass is 14.8. The van der Waals surface area contributed by atoms with Crippen LogP contribution in [0.1, 0.15) is 31.4 Å². The summed E-state index contributed by atoms with van der Waals surface area (Å²) in [7, 11) is 0. The van der Waals surface area contributed by atoms with Crippen LogP contribution in [0.15, 0.2) is 24.3 Å². The van der Waals surface area contributed by atoms with Gasteiger partial charge in [0, 0.05) is 0 Å². The van der Waals surface area contributed by atoms with Gasteiger partial charge in [-0.1, -0.05) is 38.1 Å². The van der Waals surface area contributed by atoms with Crippen LogP contribution in [-0.2, 0) is 12.8 Å². The number of hydrogen-bond acceptors (Lipinski definition) is 1. The number of rotatable bonds is 6. The summed E-state index contributed by atoms with van der Waals surface area (Å²) in [4.78, 5) is 0. The smallest absolute Gasteiger partial charge is 0.000835 e. The molecule has 0 aliphatic carbocycles. The van der Waals surface area contributed by atoms with Crippen molar-refractivity contribution in [2.75, 3.05) is 13.1 Å². The van der Waals surface area contributed by atoms with E-state index in [0.717, 1.165) is 25.9 Å². The summed E-state index contributed by atoms with van der Waals surface area (Å²) >= 11 is 0. The Labute approximate surface area is 87.5 Å². The predicted molar refractivity (Wildman–Crippen MR) is 62.7 cm³/mol. The van der Waals surface area contributed by atoms with Gasteiger partial charge >= 0.3 is 0 Å². The van der Waals surface area contributed by atoms with E-state index in [1.807, 2.05) is 0 Å². The average molecular weight is 191 g/mol. The highest BCUT2D eigenvalue weighted by Gasteiger charge is 1.93. The Morgan fingerprint density at radius 3 is 2.14 bits per heavy atom. The molecular weight excluding hydrogens is 170 g/mol. The normalized spacial score (nSPS) is 10.4. The molecule has 1 aromatic carbocycles. The SMILES string of the molecule is CCCNCCc1ccc(CC)cc1. The maximum absolute atomic E-state index is 3.41. The lowest BCUT2D eigenvalue weighted by Gasteiger charge is -2.04. The van der Waals surface area contributed by atoms with Gasteiger partial charge in [0.05, 0.1) is 0 Å². The molecule has 1 rings (SSSR count). The summed E-state index contributed by atoms with van der Waals surface area (Å²) in [5.41, 5.74) is 2.86. The lowest BCUT2D eigenvalue weighted by molar-refractivity contribution is 0.671. The van der Waals surface area contributed by atoms with Crippen LogP contribution in [0, 0.1) is 0 Å². The predicted octanol–water partition coefficient (Wildman–Crippen LogP) is 2.79. The number of aryl methyl sites for hydroxylation is 1. The Hall–Kier alpha value is -0.820. The maximum atomic E-state index is 3.41. The Balaban J connectivity index is 2.29. The quantitative estimate of drug-likeness (QED) is 0.682. The van der Waals surface area contributed by atoms with E-state index in [4.69, 9.17) is 0 Å². The second-order valence-corrected chi connectivity index (χ2v) is 3.67. The summed E-state index contributed by atoms with van der Waals surface area (Å²) in [6.45, 7) is 6.62. The first-order valence-corrected chi connectivity index (χ1v) is 5.65. The maximum Gasteiger partial charge on any atom is -0.000835 e. The highest BCUT2D eigenvalue weighted by Crippen LogP contribution is 2.05. The van der Waals surface area contributed by atoms with Crippen molar-refractivity contribution in [2.45, 2.75) is 33.1 Å². The molecule has 14 heavy (non-hydrogen) atoms. The summed E-state index contributed by atoms with van der Waals surface area (Å²) in [6, 6.07) is 8.95. The zero-order valence-corrected chi connectivity index (χ0v) is 9.34. The lowest BCUT2D eigenvalue weighted by Crippen LogP contribution is -2.17. The molecule has 0 amide bonds. The molecule has 0 aliphatic rings. The van der Waals surface area contributed by atoms with E-state index >= 15 is 0 Å². The summed E-state index contributed by atoms with van der Waals surface area (Å²) in [6.07, 6.45) is 3.49. The largest absolute Gasteiger partial charge is 0.316 e. The molecule has 0 heterocycles. The minimum atomic E-state index is 1.10. The number of nitrogens with one attached hydrogen (secondary N) is 1. The monoisotopic (exact) mass is 191 g/mol. The summed E-state index contributed by atoms with van der Waals surface area (Å²) < 4.78 is 0. The van der Waals surface area contributed by atoms with Gasteiger partial charge in [-0.3, -0.25) is 0 Å². The van der Waals surface area contributed by atoms with Crippen LogP contribution in [0.5, 0.6) is 0 Å². The van der Waals surface area contributed by atoms with E-state index in [0.29, 0.717) is 0 Å². The molecule has 78 valence electrons. The van der Waals surface area contributed by atoms with Crippen molar-refractivity contribution in [3.05, 3.63) is 35.4 Å². The van der Waals surface area contributed by atoms with Crippen LogP contribution >= 0.6 is 0 Å². The molecule has 1 heteroatoms. The summed E-state index contributed by atoms with van der Waals surface area (Å²) in [5, 5.41) is 3.41. The number of hydrogen-bond donors (Lipinski definition) is 1. The first-order chi connectivity index (χ1) is 6.86. The molecule has 1 aromatic rings. The van der Waals surface area contributed by atoms with Gasteiger partial charge in [0.25, 0.3) is 0 Å². The average Bonchev–Trinajstić information content (AvgIpc) is 2.25. The van der Waals surface area contributed by atoms with Gasteiger partial charge in [-0.2, -0.15) is 0 Å². The second-order valence-electron chi connectivity index (χ2n) is 3.67. The highest BCUT2D eigenvalue weighted by molar-refractivity contribution is 5.22. The van der Waals surface area contributed by atoms with E-state index in [-0.39, 0.29) is 0 Å². The van der Waals surface area contributed by atoms with Crippen LogP contribution in [0.25, 0.3) is 0 Å². The van der Waals surface area contributed by atoms with Crippen LogP contribution in [0.3, 0.4) is 0 Å². The molecule has 0 atom stereocenters. The molecule has 0 saturated heterocycles. The topological polar surface area (TPSA) is 12.0 Å². The molecule has 0 aliphatic heterocycles. The fourth-order valence-corrected chi connectivity index (χ4v) is 1.48. The van der Waals surface area contributed by atoms with Crippen molar-refractivity contribution in [3.63, 3.8) is 0 Å². The van der Waals surface area contributed by atoms with Gasteiger partial charge in [-0.05, 0) is 43.5 Å². The molecule has 0 bridgehead atoms. The van der Waals surface area contributed by atoms with Gasteiger partial charge in [0.15, 0.2) is 0 Å². The zero-order valence-electron chi connectivity index (χ0n) is 9.34. The molecule has 0 saturated carbocycles. The van der Waals surface area contributed by atoms with Crippen LogP contribution < -0.4 is 5.32 Å². The van der Waals surface area contributed by atoms with E-state index in [2.05, 4.69) is 43.4 Å². The van der Waals surface area contributed by atoms with Crippen molar-refractivity contribution in [3.8, 4) is 0 Å². The molecular formula is C13H21N. The van der Waals surface area contributed by atoms with E-state index in [1.54, 1.807) is 0 Å². The first-order valence-electron chi connectivity index (χ1n) is 5.65. The molecule has 0 aromatic heterocycles. The third kappa shape index (κ3) is 3.93. The van der Waals surface area contributed by atoms with E-state index < -0.39 is 0 Å². The van der Waals surface area contributed by atoms with Crippen LogP contribution in [-0.4, -0.2) is 13.1 Å². The standard InChI is InChI=1S/C13H21N/c1-3-10-14-11-9-13-7-5-12(4-2)6-8-13/h5-8,14H,3-4,9-11H2,1-2H3. The fourth-order valence-electron chi connectivity index (χ4n) is 1.48. The van der Waals surface area contributed by atoms with Crippen LogP contribution in [0.4, 0.5) is 0 Å². The molecule has 0 fully saturated rings. The Kier molecular flexibility index (Phi) is 5.31. The number of benzene rings is 1. The van der Waals surface area contributed by atoms with Gasteiger partial charge in [0.2, 0.25) is 0 Å². The van der Waals surface area contributed by atoms with Crippen molar-refractivity contribution < 1.29 is 0 Å². The first kappa shape index (κ1) is 11.3. The van der Waals surface area contributed by atoms with Gasteiger partial charge in [0.1, 0.15) is 0 Å². The van der Waals surface area contributed by atoms with E-state index in [9.17, 15) is 0 Å². The Morgan fingerprint density at radius 1 is 0.929 bits per heavy atom. The second kappa shape index (κ2) is 6.61. The molecule has 0 unspecified atom stereocenters. The Morgan fingerprint density at radius 2 is 1.57 bits per heavy atom. The van der Waals surface area contributed by atoms with Crippen molar-refractivity contribution >= 4 is 0 Å². The summed E-state index contributed by atoms with van der Waals surface area (Å²) in [5.74, 6) is 0. The third-order valence-electron chi connectivity index (χ3n) is 2.45. The third-order valence-corrected chi connectivity index (χ3v) is 2.45. The minimum Gasteiger partial charge on any atom is -0.316 e. The van der Waals surface area contributed by atoms with E-state index in [1.165, 1.54) is 17.5 Å². The van der Waals surface area contributed by atoms with Crippen molar-refractivity contribution in [1.82, 2.24) is 5.32 Å². The van der Waals surface area contributed by atoms with Gasteiger partial charge < -0.3 is 5.32 Å². The minimum absolute atomic E-state index is 1.10. The van der Waals surface area contributed by atoms with Gasteiger partial charge in [-0.15, -0.1) is 0 Å². The van der Waals surface area contributed by atoms with Gasteiger partial charge in [-0.25, -0.2) is 0 Å². The Bertz CT molecular complexity index is 238. The molecule has 1 nitrogen and oxygen atoms in total.